The number of ether oxygens (including phenoxy) is 2. The Kier molecular flexibility index (Phi) is 11.0. The molecule has 4 N–H and O–H groups in total. The number of H-pyrrole nitrogens is 2. The van der Waals surface area contributed by atoms with Crippen molar-refractivity contribution >= 4 is 46.1 Å². The van der Waals surface area contributed by atoms with Crippen LogP contribution in [-0.2, 0) is 30.9 Å². The molecular weight excluding hydrogens is 785 g/mol. The smallest absolute Gasteiger partial charge is 0.407 e. The number of carbonyl (C=O) groups is 4. The van der Waals surface area contributed by atoms with Gasteiger partial charge in [0.25, 0.3) is 0 Å². The minimum absolute atomic E-state index is 0.112. The largest absolute Gasteiger partial charge is 0.453 e. The van der Waals surface area contributed by atoms with Crippen LogP contribution in [0.1, 0.15) is 114 Å². The third-order valence-corrected chi connectivity index (χ3v) is 14.1. The normalized spacial score (nSPS) is 20.2. The first-order valence-corrected chi connectivity index (χ1v) is 22.4. The van der Waals surface area contributed by atoms with Crippen LogP contribution >= 0.6 is 0 Å². The standard InChI is InChI=1S/C48H58N8O6/c1-26(2)40(53-46(59)61-5)44(57)55-20-7-10-38(55)42-49-34-14-12-28(24-36(34)51-42)30-22-32(31-16-19-48(17-9-18-48)33(31)23-30)29-13-15-35-37(25-29)52-43(50-35)39-11-8-21-56(39)45(58)41(27(3)4)54-47(60)62-6/h12-15,22-27,38-41H,7-11,16-21H2,1-6H3,(H,49,51)(H,50,52)(H,53,59)(H,54,60)/t38-,39-,40-,41-/m0/s1. The Morgan fingerprint density at radius 1 is 0.677 bits per heavy atom. The van der Waals surface area contributed by atoms with E-state index in [1.54, 1.807) is 0 Å². The fourth-order valence-electron chi connectivity index (χ4n) is 10.6. The predicted octanol–water partition coefficient (Wildman–Crippen LogP) is 8.23. The fourth-order valence-corrected chi connectivity index (χ4v) is 10.6. The zero-order chi connectivity index (χ0) is 43.4. The van der Waals surface area contributed by atoms with E-state index in [9.17, 15) is 19.2 Å². The van der Waals surface area contributed by atoms with E-state index in [2.05, 4.69) is 69.1 Å². The van der Waals surface area contributed by atoms with Crippen molar-refractivity contribution in [3.05, 3.63) is 71.3 Å². The summed E-state index contributed by atoms with van der Waals surface area (Å²) in [4.78, 5) is 72.8. The number of aromatic amines is 2. The van der Waals surface area contributed by atoms with E-state index in [-0.39, 0.29) is 41.1 Å². The van der Waals surface area contributed by atoms with E-state index < -0.39 is 24.3 Å². The number of likely N-dealkylation sites (tertiary alicyclic amines) is 2. The van der Waals surface area contributed by atoms with E-state index in [1.807, 2.05) is 37.5 Å². The summed E-state index contributed by atoms with van der Waals surface area (Å²) in [7, 11) is 2.61. The first kappa shape index (κ1) is 41.4. The van der Waals surface area contributed by atoms with Gasteiger partial charge in [-0.25, -0.2) is 19.6 Å². The lowest BCUT2D eigenvalue weighted by Gasteiger charge is -2.39. The number of rotatable bonds is 10. The number of nitrogens with one attached hydrogen (secondary N) is 4. The van der Waals surface area contributed by atoms with Gasteiger partial charge in [-0.1, -0.05) is 52.3 Å². The van der Waals surface area contributed by atoms with E-state index in [4.69, 9.17) is 19.4 Å². The first-order chi connectivity index (χ1) is 29.9. The number of imidazole rings is 2. The number of nitrogens with zero attached hydrogens (tertiary/aromatic N) is 4. The minimum Gasteiger partial charge on any atom is -0.453 e. The maximum absolute atomic E-state index is 13.8. The van der Waals surface area contributed by atoms with Gasteiger partial charge >= 0.3 is 12.2 Å². The molecule has 9 rings (SSSR count). The monoisotopic (exact) mass is 842 g/mol. The van der Waals surface area contributed by atoms with Gasteiger partial charge in [0.1, 0.15) is 23.7 Å². The molecule has 3 aromatic carbocycles. The van der Waals surface area contributed by atoms with Crippen molar-refractivity contribution in [2.45, 2.75) is 115 Å². The van der Waals surface area contributed by atoms with Gasteiger partial charge in [0.05, 0.1) is 48.4 Å². The zero-order valence-corrected chi connectivity index (χ0v) is 36.6. The molecule has 14 heteroatoms. The Morgan fingerprint density at radius 2 is 1.19 bits per heavy atom. The van der Waals surface area contributed by atoms with E-state index in [0.717, 1.165) is 88.9 Å². The van der Waals surface area contributed by atoms with Gasteiger partial charge in [-0.3, -0.25) is 9.59 Å². The van der Waals surface area contributed by atoms with Crippen molar-refractivity contribution in [2.75, 3.05) is 27.3 Å². The zero-order valence-electron chi connectivity index (χ0n) is 36.6. The molecule has 4 aliphatic rings. The summed E-state index contributed by atoms with van der Waals surface area (Å²) < 4.78 is 9.65. The average molecular weight is 843 g/mol. The van der Waals surface area contributed by atoms with Gasteiger partial charge in [-0.05, 0) is 132 Å². The van der Waals surface area contributed by atoms with Crippen LogP contribution in [0.15, 0.2) is 48.5 Å². The number of alkyl carbamates (subject to hydrolysis) is 2. The molecule has 2 saturated heterocycles. The Labute approximate surface area is 361 Å². The SMILES string of the molecule is COC(=O)N[C@H](C(=O)N1CCC[C@H]1c1nc2ccc(-c3cc(-c4ccc5nc([C@@H]6CCCN6C(=O)[C@@H](NC(=O)OC)C(C)C)[nH]c5c4)c4c(c3)C3(CCC3)CC4)cc2[nH]1)C(C)C. The van der Waals surface area contributed by atoms with Gasteiger partial charge in [0.15, 0.2) is 0 Å². The number of hydrogen-bond donors (Lipinski definition) is 4. The van der Waals surface area contributed by atoms with Gasteiger partial charge in [0, 0.05) is 13.1 Å². The van der Waals surface area contributed by atoms with E-state index in [1.165, 1.54) is 50.2 Å². The second-order valence-corrected chi connectivity index (χ2v) is 18.5. The van der Waals surface area contributed by atoms with Gasteiger partial charge < -0.3 is 39.9 Å². The van der Waals surface area contributed by atoms with Gasteiger partial charge in [-0.15, -0.1) is 0 Å². The summed E-state index contributed by atoms with van der Waals surface area (Å²) in [5.41, 5.74) is 11.3. The molecule has 4 heterocycles. The van der Waals surface area contributed by atoms with Crippen LogP contribution in [0, 0.1) is 11.8 Å². The van der Waals surface area contributed by atoms with Crippen LogP contribution in [0.4, 0.5) is 9.59 Å². The molecule has 14 nitrogen and oxygen atoms in total. The third kappa shape index (κ3) is 7.34. The topological polar surface area (TPSA) is 175 Å². The lowest BCUT2D eigenvalue weighted by Crippen LogP contribution is -2.51. The van der Waals surface area contributed by atoms with Gasteiger partial charge in [0.2, 0.25) is 11.8 Å². The lowest BCUT2D eigenvalue weighted by molar-refractivity contribution is -0.136. The van der Waals surface area contributed by atoms with Crippen molar-refractivity contribution in [3.8, 4) is 22.3 Å². The summed E-state index contributed by atoms with van der Waals surface area (Å²) in [6.45, 7) is 8.87. The molecule has 2 aliphatic heterocycles. The summed E-state index contributed by atoms with van der Waals surface area (Å²) in [6.07, 6.45) is 7.90. The first-order valence-electron chi connectivity index (χ1n) is 22.4. The summed E-state index contributed by atoms with van der Waals surface area (Å²) >= 11 is 0. The average Bonchev–Trinajstić information content (AvgIpc) is 4.11. The van der Waals surface area contributed by atoms with Crippen molar-refractivity contribution in [3.63, 3.8) is 0 Å². The molecule has 62 heavy (non-hydrogen) atoms. The maximum Gasteiger partial charge on any atom is 0.407 e. The van der Waals surface area contributed by atoms with Gasteiger partial charge in [-0.2, -0.15) is 0 Å². The van der Waals surface area contributed by atoms with Crippen LogP contribution in [0.2, 0.25) is 0 Å². The van der Waals surface area contributed by atoms with E-state index >= 15 is 0 Å². The molecular formula is C48H58N8O6. The molecule has 0 unspecified atom stereocenters. The number of fused-ring (bicyclic) bond motifs is 4. The predicted molar refractivity (Wildman–Crippen MR) is 236 cm³/mol. The highest BCUT2D eigenvalue weighted by Crippen LogP contribution is 2.55. The molecule has 2 aliphatic carbocycles. The molecule has 4 atom stereocenters. The Bertz CT molecular complexity index is 2550. The molecule has 0 radical (unpaired) electrons. The van der Waals surface area contributed by atoms with Crippen molar-refractivity contribution < 1.29 is 28.7 Å². The fraction of sp³-hybridized carbons (Fsp3) is 0.500. The summed E-state index contributed by atoms with van der Waals surface area (Å²) in [5, 5.41) is 5.48. The number of methoxy groups -OCH3 is 2. The van der Waals surface area contributed by atoms with Crippen molar-refractivity contribution in [2.24, 2.45) is 11.8 Å². The molecule has 1 spiro atoms. The lowest BCUT2D eigenvalue weighted by atomic mass is 9.65. The van der Waals surface area contributed by atoms with Crippen LogP contribution < -0.4 is 10.6 Å². The van der Waals surface area contributed by atoms with Crippen molar-refractivity contribution in [1.29, 1.82) is 0 Å². The Balaban J connectivity index is 1.03. The van der Waals surface area contributed by atoms with Crippen LogP contribution in [0.3, 0.4) is 0 Å². The summed E-state index contributed by atoms with van der Waals surface area (Å²) in [6, 6.07) is 15.8. The molecule has 4 amide bonds. The number of benzene rings is 3. The molecule has 2 aromatic heterocycles. The van der Waals surface area contributed by atoms with Crippen LogP contribution in [0.25, 0.3) is 44.3 Å². The quantitative estimate of drug-likeness (QED) is 0.109. The second-order valence-electron chi connectivity index (χ2n) is 18.5. The van der Waals surface area contributed by atoms with Crippen LogP contribution in [-0.4, -0.2) is 93.1 Å². The Hall–Kier alpha value is -5.92. The van der Waals surface area contributed by atoms with E-state index in [0.29, 0.717) is 13.1 Å². The Morgan fingerprint density at radius 3 is 1.68 bits per heavy atom. The molecule has 1 saturated carbocycles. The third-order valence-electron chi connectivity index (χ3n) is 14.1. The van der Waals surface area contributed by atoms with Crippen molar-refractivity contribution in [1.82, 2.24) is 40.4 Å². The summed E-state index contributed by atoms with van der Waals surface area (Å²) in [5.74, 6) is 1.02. The number of carbonyl (C=O) groups excluding carboxylic acids is 4. The number of aromatic nitrogens is 4. The maximum atomic E-state index is 13.8. The number of hydrogen-bond acceptors (Lipinski definition) is 8. The highest BCUT2D eigenvalue weighted by Gasteiger charge is 2.45. The molecule has 0 bridgehead atoms. The molecule has 326 valence electrons. The highest BCUT2D eigenvalue weighted by molar-refractivity contribution is 5.90. The minimum atomic E-state index is -0.697. The van der Waals surface area contributed by atoms with Crippen LogP contribution in [0.5, 0.6) is 0 Å². The second kappa shape index (κ2) is 16.4. The molecule has 5 aromatic rings. The molecule has 3 fully saturated rings. The number of amides is 4. The highest BCUT2D eigenvalue weighted by atomic mass is 16.5.